The average molecular weight is 327 g/mol. The predicted octanol–water partition coefficient (Wildman–Crippen LogP) is -1.36. The van der Waals surface area contributed by atoms with Gasteiger partial charge in [-0.05, 0) is 19.4 Å². The van der Waals surface area contributed by atoms with Gasteiger partial charge in [0.1, 0.15) is 29.9 Å². The number of aliphatic hydroxyl groups excluding tert-OH is 3. The topological polar surface area (TPSA) is 134 Å². The molecule has 1 fully saturated rings. The number of anilines is 1. The quantitative estimate of drug-likeness (QED) is 0.451. The van der Waals surface area contributed by atoms with Gasteiger partial charge in [-0.3, -0.25) is 4.57 Å². The Morgan fingerprint density at radius 2 is 2.17 bits per heavy atom. The summed E-state index contributed by atoms with van der Waals surface area (Å²) in [7, 11) is 0. The lowest BCUT2D eigenvalue weighted by molar-refractivity contribution is -0.117. The van der Waals surface area contributed by atoms with Crippen LogP contribution in [0.1, 0.15) is 26.0 Å². The van der Waals surface area contributed by atoms with Gasteiger partial charge in [0.05, 0.1) is 6.61 Å². The molecule has 9 nitrogen and oxygen atoms in total. The summed E-state index contributed by atoms with van der Waals surface area (Å²) in [6.45, 7) is 1.55. The van der Waals surface area contributed by atoms with E-state index in [1.165, 1.54) is 19.2 Å². The standard InChI is InChI=1S/C14H21N3O6/c1-8(19)3-2-5-15-10-4-6-17(14(22)16-10)13-12(21)11(20)9(7-18)23-13/h4,6,9,11-13,18,20-21H,2-3,5,7H2,1H3,(H,15,16,22)/t9-,11-,12-,13-/m1/s1. The van der Waals surface area contributed by atoms with Gasteiger partial charge in [-0.2, -0.15) is 4.98 Å². The summed E-state index contributed by atoms with van der Waals surface area (Å²) >= 11 is 0. The van der Waals surface area contributed by atoms with Crippen molar-refractivity contribution in [1.82, 2.24) is 9.55 Å². The van der Waals surface area contributed by atoms with Crippen LogP contribution in [0.3, 0.4) is 0 Å². The smallest absolute Gasteiger partial charge is 0.351 e. The predicted molar refractivity (Wildman–Crippen MR) is 79.9 cm³/mol. The first kappa shape index (κ1) is 17.5. The number of Topliss-reactive ketones (excluding diaryl/α,β-unsaturated/α-hetero) is 1. The van der Waals surface area contributed by atoms with Gasteiger partial charge in [0.2, 0.25) is 0 Å². The molecular weight excluding hydrogens is 306 g/mol. The third kappa shape index (κ3) is 4.14. The Bertz CT molecular complexity index is 604. The molecule has 0 aromatic carbocycles. The fourth-order valence-electron chi connectivity index (χ4n) is 2.37. The van der Waals surface area contributed by atoms with Crippen molar-refractivity contribution >= 4 is 11.6 Å². The number of carbonyl (C=O) groups excluding carboxylic acids is 1. The largest absolute Gasteiger partial charge is 0.394 e. The second-order valence-electron chi connectivity index (χ2n) is 5.46. The second-order valence-corrected chi connectivity index (χ2v) is 5.46. The molecule has 1 aromatic heterocycles. The summed E-state index contributed by atoms with van der Waals surface area (Å²) < 4.78 is 6.34. The lowest BCUT2D eigenvalue weighted by atomic mass is 10.1. The van der Waals surface area contributed by atoms with E-state index in [0.29, 0.717) is 25.2 Å². The molecule has 23 heavy (non-hydrogen) atoms. The minimum absolute atomic E-state index is 0.0968. The van der Waals surface area contributed by atoms with Crippen LogP contribution in [0.25, 0.3) is 0 Å². The van der Waals surface area contributed by atoms with Crippen LogP contribution in [0, 0.1) is 0 Å². The number of nitrogens with one attached hydrogen (secondary N) is 1. The van der Waals surface area contributed by atoms with Crippen molar-refractivity contribution in [2.75, 3.05) is 18.5 Å². The van der Waals surface area contributed by atoms with E-state index in [1.807, 2.05) is 0 Å². The van der Waals surface area contributed by atoms with Crippen molar-refractivity contribution in [3.8, 4) is 0 Å². The normalized spacial score (nSPS) is 27.1. The monoisotopic (exact) mass is 327 g/mol. The fraction of sp³-hybridized carbons (Fsp3) is 0.643. The molecule has 0 radical (unpaired) electrons. The maximum Gasteiger partial charge on any atom is 0.351 e. The van der Waals surface area contributed by atoms with Crippen LogP contribution in [0.5, 0.6) is 0 Å². The summed E-state index contributed by atoms with van der Waals surface area (Å²) in [5.41, 5.74) is -0.656. The molecule has 1 aromatic rings. The van der Waals surface area contributed by atoms with Gasteiger partial charge in [-0.15, -0.1) is 0 Å². The van der Waals surface area contributed by atoms with Gasteiger partial charge >= 0.3 is 5.69 Å². The van der Waals surface area contributed by atoms with Crippen molar-refractivity contribution in [2.45, 2.75) is 44.3 Å². The van der Waals surface area contributed by atoms with Gasteiger partial charge in [-0.25, -0.2) is 4.79 Å². The maximum atomic E-state index is 12.0. The Morgan fingerprint density at radius 1 is 1.43 bits per heavy atom. The molecule has 2 heterocycles. The van der Waals surface area contributed by atoms with E-state index in [-0.39, 0.29) is 5.78 Å². The number of carbonyl (C=O) groups is 1. The van der Waals surface area contributed by atoms with Crippen molar-refractivity contribution in [3.63, 3.8) is 0 Å². The Labute approximate surface area is 132 Å². The molecule has 2 rings (SSSR count). The summed E-state index contributed by atoms with van der Waals surface area (Å²) in [6, 6.07) is 1.53. The Morgan fingerprint density at radius 3 is 2.74 bits per heavy atom. The highest BCUT2D eigenvalue weighted by atomic mass is 16.6. The van der Waals surface area contributed by atoms with E-state index in [9.17, 15) is 19.8 Å². The van der Waals surface area contributed by atoms with E-state index >= 15 is 0 Å². The van der Waals surface area contributed by atoms with Crippen LogP contribution in [-0.4, -0.2) is 62.1 Å². The number of hydrogen-bond donors (Lipinski definition) is 4. The molecule has 9 heteroatoms. The van der Waals surface area contributed by atoms with Gasteiger partial charge < -0.3 is 30.2 Å². The van der Waals surface area contributed by atoms with E-state index in [1.54, 1.807) is 0 Å². The molecule has 1 saturated heterocycles. The highest BCUT2D eigenvalue weighted by molar-refractivity contribution is 5.75. The molecule has 0 amide bonds. The SMILES string of the molecule is CC(=O)CCCNc1ccn([C@@H]2O[C@H](CO)[C@@H](O)[C@H]2O)c(=O)n1. The highest BCUT2D eigenvalue weighted by Gasteiger charge is 2.43. The van der Waals surface area contributed by atoms with E-state index < -0.39 is 36.8 Å². The lowest BCUT2D eigenvalue weighted by Crippen LogP contribution is -2.36. The van der Waals surface area contributed by atoms with Crippen LogP contribution >= 0.6 is 0 Å². The zero-order chi connectivity index (χ0) is 17.0. The summed E-state index contributed by atoms with van der Waals surface area (Å²) in [4.78, 5) is 26.7. The molecule has 0 unspecified atom stereocenters. The van der Waals surface area contributed by atoms with Crippen LogP contribution < -0.4 is 11.0 Å². The summed E-state index contributed by atoms with van der Waals surface area (Å²) in [5, 5.41) is 31.6. The fourth-order valence-corrected chi connectivity index (χ4v) is 2.37. The number of nitrogens with zero attached hydrogens (tertiary/aromatic N) is 2. The summed E-state index contributed by atoms with van der Waals surface area (Å²) in [5.74, 6) is 0.445. The van der Waals surface area contributed by atoms with Crippen molar-refractivity contribution in [3.05, 3.63) is 22.7 Å². The highest BCUT2D eigenvalue weighted by Crippen LogP contribution is 2.28. The van der Waals surface area contributed by atoms with Crippen LogP contribution in [0.2, 0.25) is 0 Å². The van der Waals surface area contributed by atoms with Crippen LogP contribution in [0.15, 0.2) is 17.1 Å². The minimum Gasteiger partial charge on any atom is -0.394 e. The second kappa shape index (κ2) is 7.64. The van der Waals surface area contributed by atoms with Crippen molar-refractivity contribution < 1.29 is 24.9 Å². The first-order valence-electron chi connectivity index (χ1n) is 7.39. The maximum absolute atomic E-state index is 12.0. The van der Waals surface area contributed by atoms with Crippen molar-refractivity contribution in [2.24, 2.45) is 0 Å². The number of hydrogen-bond acceptors (Lipinski definition) is 8. The first-order chi connectivity index (χ1) is 10.9. The lowest BCUT2D eigenvalue weighted by Gasteiger charge is -2.17. The number of aromatic nitrogens is 2. The van der Waals surface area contributed by atoms with E-state index in [2.05, 4.69) is 10.3 Å². The van der Waals surface area contributed by atoms with Gasteiger partial charge in [0.15, 0.2) is 6.23 Å². The number of rotatable bonds is 7. The minimum atomic E-state index is -1.33. The number of ketones is 1. The van der Waals surface area contributed by atoms with Crippen molar-refractivity contribution in [1.29, 1.82) is 0 Å². The molecule has 0 bridgehead atoms. The zero-order valence-electron chi connectivity index (χ0n) is 12.8. The molecule has 4 atom stereocenters. The average Bonchev–Trinajstić information content (AvgIpc) is 2.79. The van der Waals surface area contributed by atoms with E-state index in [4.69, 9.17) is 9.84 Å². The summed E-state index contributed by atoms with van der Waals surface area (Å²) in [6.07, 6.45) is -2.19. The first-order valence-corrected chi connectivity index (χ1v) is 7.39. The molecule has 128 valence electrons. The molecule has 1 aliphatic heterocycles. The Hall–Kier alpha value is -1.81. The van der Waals surface area contributed by atoms with Gasteiger partial charge in [-0.1, -0.05) is 0 Å². The zero-order valence-corrected chi connectivity index (χ0v) is 12.8. The Balaban J connectivity index is 2.02. The Kier molecular flexibility index (Phi) is 5.83. The molecule has 0 aliphatic carbocycles. The molecular formula is C14H21N3O6. The van der Waals surface area contributed by atoms with Gasteiger partial charge in [0.25, 0.3) is 0 Å². The van der Waals surface area contributed by atoms with Crippen LogP contribution in [0.4, 0.5) is 5.82 Å². The molecule has 0 saturated carbocycles. The molecule has 0 spiro atoms. The molecule has 4 N–H and O–H groups in total. The number of ether oxygens (including phenoxy) is 1. The van der Waals surface area contributed by atoms with Crippen LogP contribution in [-0.2, 0) is 9.53 Å². The van der Waals surface area contributed by atoms with E-state index in [0.717, 1.165) is 4.57 Å². The molecule has 1 aliphatic rings. The number of aliphatic hydroxyl groups is 3. The third-order valence-electron chi connectivity index (χ3n) is 3.63. The van der Waals surface area contributed by atoms with Gasteiger partial charge in [0, 0.05) is 19.2 Å². The third-order valence-corrected chi connectivity index (χ3v) is 3.63.